The molecule has 0 saturated heterocycles. The molecule has 0 radical (unpaired) electrons. The fourth-order valence-corrected chi connectivity index (χ4v) is 10.4. The molecule has 3 aliphatic rings. The van der Waals surface area contributed by atoms with Crippen LogP contribution in [0, 0.1) is 0 Å². The molecule has 3 N–H and O–H groups in total. The predicted octanol–water partition coefficient (Wildman–Crippen LogP) is 11.9. The average Bonchev–Trinajstić information content (AvgIpc) is 3.81. The highest BCUT2D eigenvalue weighted by Gasteiger charge is 2.45. The smallest absolute Gasteiger partial charge is 0.303 e. The Morgan fingerprint density at radius 3 is 2.30 bits per heavy atom. The molecule has 2 aliphatic carbocycles. The number of aliphatic hydroxyl groups excluding tert-OH is 1. The number of benzene rings is 4. The summed E-state index contributed by atoms with van der Waals surface area (Å²) in [6.45, 7) is 22.1. The number of aliphatic carboxylic acids is 1. The first-order valence-electron chi connectivity index (χ1n) is 22.3. The lowest BCUT2D eigenvalue weighted by Crippen LogP contribution is -2.29. The van der Waals surface area contributed by atoms with Gasteiger partial charge in [0.2, 0.25) is 0 Å². The number of fused-ring (bicyclic) bond motifs is 5. The maximum absolute atomic E-state index is 11.3. The molecule has 0 spiro atoms. The van der Waals surface area contributed by atoms with Gasteiger partial charge in [-0.25, -0.2) is 0 Å². The van der Waals surface area contributed by atoms with Gasteiger partial charge in [-0.2, -0.15) is 0 Å². The fourth-order valence-electron chi connectivity index (χ4n) is 10.4. The Hall–Kier alpha value is -5.33. The Balaban J connectivity index is 1.23. The van der Waals surface area contributed by atoms with Crippen molar-refractivity contribution in [3.8, 4) is 11.1 Å². The number of aliphatic hydroxyl groups is 1. The predicted molar refractivity (Wildman–Crippen MR) is 252 cm³/mol. The Morgan fingerprint density at radius 2 is 1.55 bits per heavy atom. The maximum Gasteiger partial charge on any atom is 0.303 e. The summed E-state index contributed by atoms with van der Waals surface area (Å²) in [6, 6.07) is 29.4. The molecular weight excluding hydrogens is 739 g/mol. The normalized spacial score (nSPS) is 18.9. The molecule has 1 atom stereocenters. The molecule has 4 aromatic rings. The third-order valence-corrected chi connectivity index (χ3v) is 13.7. The number of nitrogens with zero attached hydrogens (tertiary/aromatic N) is 2. The van der Waals surface area contributed by atoms with Crippen molar-refractivity contribution in [1.29, 1.82) is 0 Å². The van der Waals surface area contributed by atoms with Crippen molar-refractivity contribution in [3.63, 3.8) is 0 Å². The maximum atomic E-state index is 11.3. The van der Waals surface area contributed by atoms with E-state index in [1.54, 1.807) is 0 Å². The van der Waals surface area contributed by atoms with Crippen LogP contribution in [0.1, 0.15) is 113 Å². The largest absolute Gasteiger partial charge is 0.481 e. The van der Waals surface area contributed by atoms with Crippen LogP contribution >= 0.6 is 0 Å². The summed E-state index contributed by atoms with van der Waals surface area (Å²) in [5, 5.41) is 22.6. The van der Waals surface area contributed by atoms with E-state index in [4.69, 9.17) is 6.58 Å². The van der Waals surface area contributed by atoms with Gasteiger partial charge in [-0.05, 0) is 126 Å². The van der Waals surface area contributed by atoms with Crippen molar-refractivity contribution in [3.05, 3.63) is 160 Å². The number of hydrogen-bond acceptors (Lipinski definition) is 5. The second kappa shape index (κ2) is 17.7. The van der Waals surface area contributed by atoms with Crippen molar-refractivity contribution in [2.45, 2.75) is 103 Å². The summed E-state index contributed by atoms with van der Waals surface area (Å²) in [5.41, 5.74) is 15.8. The van der Waals surface area contributed by atoms with E-state index >= 15 is 0 Å². The highest BCUT2D eigenvalue weighted by Crippen LogP contribution is 2.56. The van der Waals surface area contributed by atoms with Crippen LogP contribution < -0.4 is 15.1 Å². The van der Waals surface area contributed by atoms with E-state index in [2.05, 4.69) is 166 Å². The monoisotopic (exact) mass is 804 g/mol. The number of aryl methyl sites for hydroxylation is 1. The van der Waals surface area contributed by atoms with Crippen molar-refractivity contribution < 1.29 is 15.0 Å². The topological polar surface area (TPSA) is 76.0 Å². The fraction of sp³-hybridized carbons (Fsp3) is 0.389. The minimum absolute atomic E-state index is 0.0849. The molecule has 60 heavy (non-hydrogen) atoms. The molecule has 6 nitrogen and oxygen atoms in total. The van der Waals surface area contributed by atoms with E-state index in [0.717, 1.165) is 56.6 Å². The Bertz CT molecular complexity index is 2330. The van der Waals surface area contributed by atoms with E-state index in [-0.39, 0.29) is 23.9 Å². The van der Waals surface area contributed by atoms with Crippen LogP contribution in [-0.2, 0) is 27.5 Å². The van der Waals surface area contributed by atoms with Gasteiger partial charge in [0.05, 0.1) is 0 Å². The van der Waals surface area contributed by atoms with Crippen molar-refractivity contribution in [2.24, 2.45) is 0 Å². The second-order valence-electron chi connectivity index (χ2n) is 17.9. The van der Waals surface area contributed by atoms with E-state index in [0.29, 0.717) is 19.4 Å². The molecule has 6 heteroatoms. The van der Waals surface area contributed by atoms with Crippen LogP contribution in [0.15, 0.2) is 127 Å². The van der Waals surface area contributed by atoms with Gasteiger partial charge >= 0.3 is 5.97 Å². The Labute approximate surface area is 359 Å². The van der Waals surface area contributed by atoms with Crippen LogP contribution in [0.5, 0.6) is 0 Å². The number of nitrogens with one attached hydrogen (secondary N) is 1. The number of hydrogen-bond donors (Lipinski definition) is 3. The molecule has 1 aliphatic heterocycles. The zero-order chi connectivity index (χ0) is 42.7. The zero-order valence-electron chi connectivity index (χ0n) is 36.8. The van der Waals surface area contributed by atoms with Crippen LogP contribution in [0.25, 0.3) is 11.1 Å². The van der Waals surface area contributed by atoms with Gasteiger partial charge in [0, 0.05) is 78.2 Å². The van der Waals surface area contributed by atoms with Crippen LogP contribution in [0.3, 0.4) is 0 Å². The highest BCUT2D eigenvalue weighted by atomic mass is 16.4. The first kappa shape index (κ1) is 42.8. The number of carboxylic acid groups (broad SMARTS) is 1. The van der Waals surface area contributed by atoms with Gasteiger partial charge in [-0.15, -0.1) is 0 Å². The minimum atomic E-state index is -0.729. The number of anilines is 3. The molecule has 1 unspecified atom stereocenters. The molecule has 314 valence electrons. The summed E-state index contributed by atoms with van der Waals surface area (Å²) in [7, 11) is 0. The van der Waals surface area contributed by atoms with E-state index in [1.807, 2.05) is 0 Å². The van der Waals surface area contributed by atoms with Crippen molar-refractivity contribution in [1.82, 2.24) is 0 Å². The van der Waals surface area contributed by atoms with Crippen molar-refractivity contribution >= 4 is 23.0 Å². The highest BCUT2D eigenvalue weighted by molar-refractivity contribution is 5.87. The molecular formula is C54H65N3O3. The Morgan fingerprint density at radius 1 is 0.800 bits per heavy atom. The summed E-state index contributed by atoms with van der Waals surface area (Å²) in [4.78, 5) is 16.2. The average molecular weight is 804 g/mol. The summed E-state index contributed by atoms with van der Waals surface area (Å²) >= 11 is 0. The lowest BCUT2D eigenvalue weighted by Gasteiger charge is -2.36. The number of unbranched alkanes of at least 4 members (excludes halogenated alkanes) is 2. The molecule has 0 aromatic heterocycles. The first-order chi connectivity index (χ1) is 28.9. The van der Waals surface area contributed by atoms with Crippen LogP contribution in [0.4, 0.5) is 17.1 Å². The molecule has 0 amide bonds. The van der Waals surface area contributed by atoms with Gasteiger partial charge in [0.15, 0.2) is 0 Å². The van der Waals surface area contributed by atoms with E-state index < -0.39 is 11.4 Å². The molecule has 7 rings (SSSR count). The van der Waals surface area contributed by atoms with Gasteiger partial charge < -0.3 is 25.3 Å². The standard InChI is InChI=1S/C54H65N3O3/c1-8-56(9-2)40-28-29-48(55-32-20-34-58)46(35-40)54(31-30-39-22-15-17-24-43(39)54)38(3)21-12-10-13-26-50-53(6,7)47-37-45-42(41-23-16-18-25-44(41)52(45,4)5)36-49(47)57(50)33-19-11-14-27-51(59)60/h10,12-13,15-18,21-26,28-29,35-37,55,58H,3,8-9,11,14,19-20,27,30-34H2,1-2,4-7H3,(H,59,60)/b13-10+,21-12+,50-26+. The third kappa shape index (κ3) is 7.75. The molecule has 0 bridgehead atoms. The van der Waals surface area contributed by atoms with Crippen molar-refractivity contribution in [2.75, 3.05) is 47.9 Å². The molecule has 0 saturated carbocycles. The quantitative estimate of drug-likeness (QED) is 0.0687. The summed E-state index contributed by atoms with van der Waals surface area (Å²) in [5.74, 6) is -0.729. The Kier molecular flexibility index (Phi) is 12.6. The van der Waals surface area contributed by atoms with Gasteiger partial charge in [0.1, 0.15) is 0 Å². The number of allylic oxidation sites excluding steroid dienone is 7. The van der Waals surface area contributed by atoms with Gasteiger partial charge in [0.25, 0.3) is 0 Å². The molecule has 4 aromatic carbocycles. The zero-order valence-corrected chi connectivity index (χ0v) is 36.8. The minimum Gasteiger partial charge on any atom is -0.481 e. The summed E-state index contributed by atoms with van der Waals surface area (Å²) in [6.07, 6.45) is 16.2. The number of carboxylic acids is 1. The van der Waals surface area contributed by atoms with Gasteiger partial charge in [-0.1, -0.05) is 120 Å². The first-order valence-corrected chi connectivity index (χ1v) is 22.3. The molecule has 1 heterocycles. The second-order valence-corrected chi connectivity index (χ2v) is 17.9. The van der Waals surface area contributed by atoms with Crippen LogP contribution in [0.2, 0.25) is 0 Å². The lowest BCUT2D eigenvalue weighted by molar-refractivity contribution is -0.137. The van der Waals surface area contributed by atoms with Gasteiger partial charge in [-0.3, -0.25) is 4.79 Å². The summed E-state index contributed by atoms with van der Waals surface area (Å²) < 4.78 is 0. The van der Waals surface area contributed by atoms with E-state index in [1.165, 1.54) is 61.6 Å². The number of carbonyl (C=O) groups is 1. The SMILES string of the molecule is C=C(/C=C/C=C/C=C1/N(CCCCCC(=O)O)c2cc3c(cc2C1(C)C)C(C)(C)c1ccccc1-3)C1(c2cc(N(CC)CC)ccc2NCCCO)CCc2ccccc21. The van der Waals surface area contributed by atoms with Crippen LogP contribution in [-0.4, -0.2) is 49.0 Å². The lowest BCUT2D eigenvalue weighted by atomic mass is 9.69. The van der Waals surface area contributed by atoms with E-state index in [9.17, 15) is 15.0 Å². The third-order valence-electron chi connectivity index (χ3n) is 13.7. The number of rotatable bonds is 18. The molecule has 0 fully saturated rings.